The first-order valence-corrected chi connectivity index (χ1v) is 7.76. The standard InChI is InChI=1S/C19H23N3O2/c1-14-8-10-16(11-9-14)20-18(23)13-22(4)19(24)15-6-5-7-17(12-15)21(2)3/h5-12H,13H2,1-4H3,(H,20,23). The number of carbonyl (C=O) groups excluding carboxylic acids is 2. The highest BCUT2D eigenvalue weighted by molar-refractivity contribution is 5.99. The quantitative estimate of drug-likeness (QED) is 0.920. The number of hydrogen-bond donors (Lipinski definition) is 1. The summed E-state index contributed by atoms with van der Waals surface area (Å²) in [6, 6.07) is 14.9. The lowest BCUT2D eigenvalue weighted by Gasteiger charge is -2.18. The second kappa shape index (κ2) is 7.64. The Bertz CT molecular complexity index is 724. The van der Waals surface area contributed by atoms with E-state index in [2.05, 4.69) is 5.32 Å². The second-order valence-electron chi connectivity index (χ2n) is 6.02. The number of benzene rings is 2. The summed E-state index contributed by atoms with van der Waals surface area (Å²) in [4.78, 5) is 27.9. The fraction of sp³-hybridized carbons (Fsp3) is 0.263. The number of likely N-dealkylation sites (N-methyl/N-ethyl adjacent to an activating group) is 1. The van der Waals surface area contributed by atoms with Crippen molar-refractivity contribution >= 4 is 23.2 Å². The van der Waals surface area contributed by atoms with Gasteiger partial charge in [-0.05, 0) is 37.3 Å². The van der Waals surface area contributed by atoms with Gasteiger partial charge in [0, 0.05) is 38.1 Å². The average Bonchev–Trinajstić information content (AvgIpc) is 2.56. The van der Waals surface area contributed by atoms with Gasteiger partial charge in [-0.15, -0.1) is 0 Å². The number of anilines is 2. The second-order valence-corrected chi connectivity index (χ2v) is 6.02. The Labute approximate surface area is 142 Å². The Balaban J connectivity index is 1.99. The predicted molar refractivity (Wildman–Crippen MR) is 97.5 cm³/mol. The molecule has 1 N–H and O–H groups in total. The molecule has 0 aliphatic rings. The summed E-state index contributed by atoms with van der Waals surface area (Å²) in [5.74, 6) is -0.406. The highest BCUT2D eigenvalue weighted by Gasteiger charge is 2.15. The zero-order chi connectivity index (χ0) is 17.7. The number of nitrogens with zero attached hydrogens (tertiary/aromatic N) is 2. The van der Waals surface area contributed by atoms with Crippen LogP contribution in [0.5, 0.6) is 0 Å². The van der Waals surface area contributed by atoms with Gasteiger partial charge >= 0.3 is 0 Å². The Morgan fingerprint density at radius 3 is 2.29 bits per heavy atom. The van der Waals surface area contributed by atoms with Crippen LogP contribution < -0.4 is 10.2 Å². The molecule has 2 rings (SSSR count). The zero-order valence-electron chi connectivity index (χ0n) is 14.5. The molecule has 0 heterocycles. The van der Waals surface area contributed by atoms with Gasteiger partial charge in [0.1, 0.15) is 0 Å². The fourth-order valence-corrected chi connectivity index (χ4v) is 2.26. The maximum Gasteiger partial charge on any atom is 0.254 e. The van der Waals surface area contributed by atoms with Gasteiger partial charge < -0.3 is 15.1 Å². The molecule has 0 atom stereocenters. The molecule has 5 heteroatoms. The topological polar surface area (TPSA) is 52.7 Å². The number of amides is 2. The highest BCUT2D eigenvalue weighted by atomic mass is 16.2. The van der Waals surface area contributed by atoms with Crippen LogP contribution in [0.2, 0.25) is 0 Å². The van der Waals surface area contributed by atoms with Crippen LogP contribution in [0.25, 0.3) is 0 Å². The van der Waals surface area contributed by atoms with Crippen LogP contribution >= 0.6 is 0 Å². The van der Waals surface area contributed by atoms with E-state index in [1.54, 1.807) is 13.1 Å². The maximum atomic E-state index is 12.5. The number of hydrogen-bond acceptors (Lipinski definition) is 3. The molecule has 0 aliphatic carbocycles. The molecule has 5 nitrogen and oxygen atoms in total. The third-order valence-electron chi connectivity index (χ3n) is 3.67. The van der Waals surface area contributed by atoms with E-state index in [4.69, 9.17) is 0 Å². The SMILES string of the molecule is Cc1ccc(NC(=O)CN(C)C(=O)c2cccc(N(C)C)c2)cc1. The minimum Gasteiger partial charge on any atom is -0.378 e. The first-order valence-electron chi connectivity index (χ1n) is 7.76. The first-order chi connectivity index (χ1) is 11.4. The van der Waals surface area contributed by atoms with Gasteiger partial charge in [0.05, 0.1) is 6.54 Å². The van der Waals surface area contributed by atoms with Crippen molar-refractivity contribution in [2.75, 3.05) is 37.9 Å². The van der Waals surface area contributed by atoms with Gasteiger partial charge in [-0.3, -0.25) is 9.59 Å². The summed E-state index contributed by atoms with van der Waals surface area (Å²) in [5.41, 5.74) is 3.35. The monoisotopic (exact) mass is 325 g/mol. The summed E-state index contributed by atoms with van der Waals surface area (Å²) < 4.78 is 0. The van der Waals surface area contributed by atoms with Gasteiger partial charge in [0.25, 0.3) is 5.91 Å². The average molecular weight is 325 g/mol. The number of aryl methyl sites for hydroxylation is 1. The molecule has 0 aliphatic heterocycles. The van der Waals surface area contributed by atoms with Crippen LogP contribution in [0.4, 0.5) is 11.4 Å². The van der Waals surface area contributed by atoms with E-state index in [-0.39, 0.29) is 18.4 Å². The van der Waals surface area contributed by atoms with Crippen molar-refractivity contribution in [3.05, 3.63) is 59.7 Å². The zero-order valence-corrected chi connectivity index (χ0v) is 14.5. The van der Waals surface area contributed by atoms with Gasteiger partial charge in [0.2, 0.25) is 5.91 Å². The molecule has 0 aromatic heterocycles. The molecule has 0 saturated carbocycles. The number of rotatable bonds is 5. The van der Waals surface area contributed by atoms with Crippen molar-refractivity contribution in [3.8, 4) is 0 Å². The molecule has 0 radical (unpaired) electrons. The normalized spacial score (nSPS) is 10.2. The third-order valence-corrected chi connectivity index (χ3v) is 3.67. The smallest absolute Gasteiger partial charge is 0.254 e. The summed E-state index contributed by atoms with van der Waals surface area (Å²) in [5, 5.41) is 2.79. The molecule has 2 aromatic carbocycles. The van der Waals surface area contributed by atoms with E-state index in [0.29, 0.717) is 5.56 Å². The predicted octanol–water partition coefficient (Wildman–Crippen LogP) is 2.77. The third kappa shape index (κ3) is 4.59. The first kappa shape index (κ1) is 17.5. The van der Waals surface area contributed by atoms with Crippen LogP contribution in [0.15, 0.2) is 48.5 Å². The molecule has 2 amide bonds. The molecule has 0 bridgehead atoms. The number of nitrogens with one attached hydrogen (secondary N) is 1. The van der Waals surface area contributed by atoms with Crippen LogP contribution in [-0.4, -0.2) is 44.4 Å². The van der Waals surface area contributed by atoms with Gasteiger partial charge in [0.15, 0.2) is 0 Å². The lowest BCUT2D eigenvalue weighted by Crippen LogP contribution is -2.35. The Hall–Kier alpha value is -2.82. The van der Waals surface area contributed by atoms with E-state index in [1.807, 2.05) is 68.4 Å². The minimum absolute atomic E-state index is 0.00109. The lowest BCUT2D eigenvalue weighted by atomic mass is 10.1. The fourth-order valence-electron chi connectivity index (χ4n) is 2.26. The van der Waals surface area contributed by atoms with Crippen molar-refractivity contribution in [2.24, 2.45) is 0 Å². The number of carbonyl (C=O) groups is 2. The van der Waals surface area contributed by atoms with Crippen molar-refractivity contribution in [1.29, 1.82) is 0 Å². The molecule has 2 aromatic rings. The lowest BCUT2D eigenvalue weighted by molar-refractivity contribution is -0.116. The van der Waals surface area contributed by atoms with E-state index >= 15 is 0 Å². The van der Waals surface area contributed by atoms with E-state index < -0.39 is 0 Å². The van der Waals surface area contributed by atoms with Crippen LogP contribution in [0, 0.1) is 6.92 Å². The Kier molecular flexibility index (Phi) is 5.58. The summed E-state index contributed by atoms with van der Waals surface area (Å²) in [6.07, 6.45) is 0. The summed E-state index contributed by atoms with van der Waals surface area (Å²) in [6.45, 7) is 1.98. The Morgan fingerprint density at radius 1 is 1.00 bits per heavy atom. The molecular weight excluding hydrogens is 302 g/mol. The molecule has 24 heavy (non-hydrogen) atoms. The summed E-state index contributed by atoms with van der Waals surface area (Å²) in [7, 11) is 5.46. The largest absolute Gasteiger partial charge is 0.378 e. The summed E-state index contributed by atoms with van der Waals surface area (Å²) >= 11 is 0. The van der Waals surface area contributed by atoms with E-state index in [9.17, 15) is 9.59 Å². The van der Waals surface area contributed by atoms with Crippen molar-refractivity contribution in [3.63, 3.8) is 0 Å². The minimum atomic E-state index is -0.224. The van der Waals surface area contributed by atoms with Crippen molar-refractivity contribution in [2.45, 2.75) is 6.92 Å². The molecular formula is C19H23N3O2. The van der Waals surface area contributed by atoms with E-state index in [0.717, 1.165) is 16.9 Å². The molecule has 0 saturated heterocycles. The molecule has 0 spiro atoms. The molecule has 0 fully saturated rings. The van der Waals surface area contributed by atoms with Gasteiger partial charge in [-0.2, -0.15) is 0 Å². The van der Waals surface area contributed by atoms with Gasteiger partial charge in [-0.1, -0.05) is 23.8 Å². The highest BCUT2D eigenvalue weighted by Crippen LogP contribution is 2.15. The van der Waals surface area contributed by atoms with E-state index in [1.165, 1.54) is 4.90 Å². The molecule has 126 valence electrons. The Morgan fingerprint density at radius 2 is 1.67 bits per heavy atom. The van der Waals surface area contributed by atoms with Crippen molar-refractivity contribution in [1.82, 2.24) is 4.90 Å². The van der Waals surface area contributed by atoms with Crippen LogP contribution in [0.1, 0.15) is 15.9 Å². The maximum absolute atomic E-state index is 12.5. The van der Waals surface area contributed by atoms with Crippen LogP contribution in [0.3, 0.4) is 0 Å². The molecule has 0 unspecified atom stereocenters. The van der Waals surface area contributed by atoms with Crippen molar-refractivity contribution < 1.29 is 9.59 Å². The van der Waals surface area contributed by atoms with Gasteiger partial charge in [-0.25, -0.2) is 0 Å². The van der Waals surface area contributed by atoms with Crippen LogP contribution in [-0.2, 0) is 4.79 Å².